The van der Waals surface area contributed by atoms with Crippen molar-refractivity contribution in [2.45, 2.75) is 59.3 Å². The number of benzene rings is 1. The van der Waals surface area contributed by atoms with E-state index in [0.717, 1.165) is 37.2 Å². The first-order valence-electron chi connectivity index (χ1n) is 7.94. The van der Waals surface area contributed by atoms with Gasteiger partial charge in [-0.2, -0.15) is 0 Å². The molecule has 0 bridgehead atoms. The highest BCUT2D eigenvalue weighted by atomic mass is 16.5. The molecule has 1 aromatic rings. The van der Waals surface area contributed by atoms with Crippen molar-refractivity contribution >= 4 is 5.78 Å². The third-order valence-electron chi connectivity index (χ3n) is 3.84. The Bertz CT molecular complexity index is 475. The first-order valence-corrected chi connectivity index (χ1v) is 7.94. The number of hydrogen-bond acceptors (Lipinski definition) is 2. The molecule has 0 saturated heterocycles. The number of carbonyl (C=O) groups excluding carboxylic acids is 1. The van der Waals surface area contributed by atoms with Crippen molar-refractivity contribution in [3.63, 3.8) is 0 Å². The van der Waals surface area contributed by atoms with Gasteiger partial charge >= 0.3 is 0 Å². The second kappa shape index (κ2) is 6.92. The summed E-state index contributed by atoms with van der Waals surface area (Å²) in [5, 5.41) is 0. The molecule has 20 heavy (non-hydrogen) atoms. The Labute approximate surface area is 122 Å². The van der Waals surface area contributed by atoms with Gasteiger partial charge in [0.25, 0.3) is 0 Å². The Hall–Kier alpha value is -1.31. The summed E-state index contributed by atoms with van der Waals surface area (Å²) in [6.45, 7) is 7.12. The normalized spacial score (nSPS) is 14.2. The lowest BCUT2D eigenvalue weighted by atomic mass is 9.85. The molecular formula is C18H26O2. The fourth-order valence-electron chi connectivity index (χ4n) is 2.85. The second-order valence-electron chi connectivity index (χ2n) is 6.15. The van der Waals surface area contributed by atoms with Gasteiger partial charge in [-0.15, -0.1) is 0 Å². The molecule has 1 aliphatic carbocycles. The van der Waals surface area contributed by atoms with E-state index in [1.807, 2.05) is 12.1 Å². The second-order valence-corrected chi connectivity index (χ2v) is 6.15. The molecule has 0 aromatic heterocycles. The molecule has 0 atom stereocenters. The molecule has 0 unspecified atom stereocenters. The number of ketones is 1. The topological polar surface area (TPSA) is 26.3 Å². The highest BCUT2D eigenvalue weighted by Crippen LogP contribution is 2.33. The van der Waals surface area contributed by atoms with E-state index in [4.69, 9.17) is 4.74 Å². The minimum absolute atomic E-state index is 0.293. The van der Waals surface area contributed by atoms with Crippen molar-refractivity contribution in [3.05, 3.63) is 28.8 Å². The van der Waals surface area contributed by atoms with Crippen LogP contribution in [0.5, 0.6) is 5.75 Å². The quantitative estimate of drug-likeness (QED) is 0.710. The minimum atomic E-state index is 0.293. The number of fused-ring (bicyclic) bond motifs is 1. The van der Waals surface area contributed by atoms with Crippen molar-refractivity contribution in [1.82, 2.24) is 0 Å². The molecule has 2 heteroatoms. The molecule has 0 heterocycles. The van der Waals surface area contributed by atoms with Gasteiger partial charge in [-0.25, -0.2) is 0 Å². The molecule has 0 saturated carbocycles. The van der Waals surface area contributed by atoms with Crippen LogP contribution in [0.25, 0.3) is 0 Å². The van der Waals surface area contributed by atoms with Gasteiger partial charge in [0.1, 0.15) is 5.75 Å². The largest absolute Gasteiger partial charge is 0.493 e. The minimum Gasteiger partial charge on any atom is -0.493 e. The summed E-state index contributed by atoms with van der Waals surface area (Å²) in [5.41, 5.74) is 3.49. The van der Waals surface area contributed by atoms with E-state index in [2.05, 4.69) is 20.8 Å². The third kappa shape index (κ3) is 3.41. The summed E-state index contributed by atoms with van der Waals surface area (Å²) >= 11 is 0. The zero-order chi connectivity index (χ0) is 14.5. The number of carbonyl (C=O) groups is 1. The van der Waals surface area contributed by atoms with E-state index in [-0.39, 0.29) is 0 Å². The molecule has 1 aliphatic rings. The van der Waals surface area contributed by atoms with Crippen molar-refractivity contribution < 1.29 is 9.53 Å². The van der Waals surface area contributed by atoms with Gasteiger partial charge in [-0.1, -0.05) is 20.8 Å². The standard InChI is InChI=1S/C18H26O2/c1-4-7-17(19)15-10-11-18(20-12-13(2)3)16-9-6-5-8-14(15)16/h10-11,13H,4-9,12H2,1-3H3. The molecular weight excluding hydrogens is 248 g/mol. The summed E-state index contributed by atoms with van der Waals surface area (Å²) < 4.78 is 5.95. The molecule has 0 amide bonds. The van der Waals surface area contributed by atoms with Gasteiger partial charge < -0.3 is 4.74 Å². The molecule has 0 radical (unpaired) electrons. The first-order chi connectivity index (χ1) is 9.63. The number of rotatable bonds is 6. The molecule has 0 aliphatic heterocycles. The van der Waals surface area contributed by atoms with E-state index in [9.17, 15) is 4.79 Å². The monoisotopic (exact) mass is 274 g/mol. The highest BCUT2D eigenvalue weighted by Gasteiger charge is 2.21. The Balaban J connectivity index is 2.31. The van der Waals surface area contributed by atoms with Crippen LogP contribution >= 0.6 is 0 Å². The Morgan fingerprint density at radius 3 is 2.55 bits per heavy atom. The summed E-state index contributed by atoms with van der Waals surface area (Å²) in [7, 11) is 0. The van der Waals surface area contributed by atoms with E-state index < -0.39 is 0 Å². The molecule has 2 rings (SSSR count). The number of ether oxygens (including phenoxy) is 1. The molecule has 0 fully saturated rings. The van der Waals surface area contributed by atoms with E-state index in [1.165, 1.54) is 24.0 Å². The van der Waals surface area contributed by atoms with Crippen molar-refractivity contribution in [3.8, 4) is 5.75 Å². The number of Topliss-reactive ketones (excluding diaryl/α,β-unsaturated/α-hetero) is 1. The van der Waals surface area contributed by atoms with Crippen LogP contribution in [0.2, 0.25) is 0 Å². The Morgan fingerprint density at radius 2 is 1.90 bits per heavy atom. The number of hydrogen-bond donors (Lipinski definition) is 0. The van der Waals surface area contributed by atoms with Crippen LogP contribution in [0.15, 0.2) is 12.1 Å². The molecule has 2 nitrogen and oxygen atoms in total. The van der Waals surface area contributed by atoms with Gasteiger partial charge in [-0.05, 0) is 61.3 Å². The lowest BCUT2D eigenvalue weighted by Gasteiger charge is -2.22. The Kier molecular flexibility index (Phi) is 5.22. The van der Waals surface area contributed by atoms with Crippen LogP contribution in [-0.2, 0) is 12.8 Å². The molecule has 0 spiro atoms. The van der Waals surface area contributed by atoms with Gasteiger partial charge in [0, 0.05) is 12.0 Å². The predicted molar refractivity (Wildman–Crippen MR) is 82.7 cm³/mol. The molecule has 1 aromatic carbocycles. The highest BCUT2D eigenvalue weighted by molar-refractivity contribution is 5.98. The van der Waals surface area contributed by atoms with E-state index in [1.54, 1.807) is 0 Å². The predicted octanol–water partition coefficient (Wildman–Crippen LogP) is 4.58. The summed E-state index contributed by atoms with van der Waals surface area (Å²) in [5.74, 6) is 1.82. The van der Waals surface area contributed by atoms with Crippen molar-refractivity contribution in [2.75, 3.05) is 6.61 Å². The molecule has 0 N–H and O–H groups in total. The van der Waals surface area contributed by atoms with Crippen molar-refractivity contribution in [1.29, 1.82) is 0 Å². The van der Waals surface area contributed by atoms with Crippen molar-refractivity contribution in [2.24, 2.45) is 5.92 Å². The SMILES string of the molecule is CCCC(=O)c1ccc(OCC(C)C)c2c1CCCC2. The van der Waals surface area contributed by atoms with Crippen LogP contribution < -0.4 is 4.74 Å². The van der Waals surface area contributed by atoms with Gasteiger partial charge in [-0.3, -0.25) is 4.79 Å². The lowest BCUT2D eigenvalue weighted by Crippen LogP contribution is -2.14. The first kappa shape index (κ1) is 15.1. The zero-order valence-electron chi connectivity index (χ0n) is 13.0. The van der Waals surface area contributed by atoms with Gasteiger partial charge in [0.15, 0.2) is 5.78 Å². The van der Waals surface area contributed by atoms with Crippen LogP contribution in [0.1, 0.15) is 67.9 Å². The van der Waals surface area contributed by atoms with Crippen LogP contribution in [0, 0.1) is 5.92 Å². The average Bonchev–Trinajstić information content (AvgIpc) is 2.44. The third-order valence-corrected chi connectivity index (χ3v) is 3.84. The average molecular weight is 274 g/mol. The maximum Gasteiger partial charge on any atom is 0.163 e. The van der Waals surface area contributed by atoms with Gasteiger partial charge in [0.2, 0.25) is 0 Å². The zero-order valence-corrected chi connectivity index (χ0v) is 13.0. The maximum absolute atomic E-state index is 12.3. The van der Waals surface area contributed by atoms with Crippen LogP contribution in [0.3, 0.4) is 0 Å². The van der Waals surface area contributed by atoms with E-state index >= 15 is 0 Å². The lowest BCUT2D eigenvalue weighted by molar-refractivity contribution is 0.0980. The maximum atomic E-state index is 12.3. The molecule has 110 valence electrons. The van der Waals surface area contributed by atoms with Crippen LogP contribution in [-0.4, -0.2) is 12.4 Å². The summed E-state index contributed by atoms with van der Waals surface area (Å²) in [6, 6.07) is 3.99. The van der Waals surface area contributed by atoms with E-state index in [0.29, 0.717) is 18.1 Å². The summed E-state index contributed by atoms with van der Waals surface area (Å²) in [4.78, 5) is 12.3. The Morgan fingerprint density at radius 1 is 1.20 bits per heavy atom. The smallest absolute Gasteiger partial charge is 0.163 e. The fourth-order valence-corrected chi connectivity index (χ4v) is 2.85. The van der Waals surface area contributed by atoms with Crippen LogP contribution in [0.4, 0.5) is 0 Å². The fraction of sp³-hybridized carbons (Fsp3) is 0.611. The summed E-state index contributed by atoms with van der Waals surface area (Å²) in [6.07, 6.45) is 6.04. The van der Waals surface area contributed by atoms with Gasteiger partial charge in [0.05, 0.1) is 6.61 Å².